The van der Waals surface area contributed by atoms with E-state index in [0.717, 1.165) is 6.54 Å². The van der Waals surface area contributed by atoms with Crippen LogP contribution in [0, 0.1) is 0 Å². The Morgan fingerprint density at radius 3 is 2.47 bits per heavy atom. The minimum atomic E-state index is 0.310. The van der Waals surface area contributed by atoms with Gasteiger partial charge in [-0.25, -0.2) is 0 Å². The van der Waals surface area contributed by atoms with Crippen molar-refractivity contribution in [1.82, 2.24) is 4.90 Å². The molecule has 0 aromatic heterocycles. The molecule has 0 aliphatic carbocycles. The van der Waals surface area contributed by atoms with Crippen molar-refractivity contribution in [3.63, 3.8) is 0 Å². The Morgan fingerprint density at radius 2 is 1.82 bits per heavy atom. The molecule has 2 aromatic rings. The number of nitrogens with zero attached hydrogens (tertiary/aromatic N) is 1. The summed E-state index contributed by atoms with van der Waals surface area (Å²) in [5.74, 6) is 0. The molecule has 1 unspecified atom stereocenters. The van der Waals surface area contributed by atoms with Gasteiger partial charge in [0.15, 0.2) is 0 Å². The van der Waals surface area contributed by atoms with Gasteiger partial charge in [-0.3, -0.25) is 4.90 Å². The van der Waals surface area contributed by atoms with Crippen molar-refractivity contribution in [3.05, 3.63) is 48.0 Å². The SMILES string of the molecule is CCN(C)C(CN)c1ccc2ccccc2c1. The molecule has 0 aliphatic heterocycles. The fraction of sp³-hybridized carbons (Fsp3) is 0.333. The second-order valence-electron chi connectivity index (χ2n) is 4.43. The van der Waals surface area contributed by atoms with Gasteiger partial charge in [-0.2, -0.15) is 0 Å². The molecule has 0 bridgehead atoms. The molecule has 2 aromatic carbocycles. The van der Waals surface area contributed by atoms with Crippen LogP contribution in [0.3, 0.4) is 0 Å². The van der Waals surface area contributed by atoms with Gasteiger partial charge in [0.05, 0.1) is 0 Å². The Morgan fingerprint density at radius 1 is 1.12 bits per heavy atom. The highest BCUT2D eigenvalue weighted by atomic mass is 15.1. The lowest BCUT2D eigenvalue weighted by molar-refractivity contribution is 0.263. The van der Waals surface area contributed by atoms with E-state index in [1.54, 1.807) is 0 Å². The summed E-state index contributed by atoms with van der Waals surface area (Å²) in [5, 5.41) is 2.57. The van der Waals surface area contributed by atoms with Crippen molar-refractivity contribution in [2.45, 2.75) is 13.0 Å². The lowest BCUT2D eigenvalue weighted by atomic mass is 10.0. The minimum Gasteiger partial charge on any atom is -0.329 e. The summed E-state index contributed by atoms with van der Waals surface area (Å²) in [6.07, 6.45) is 0. The zero-order valence-corrected chi connectivity index (χ0v) is 10.6. The summed E-state index contributed by atoms with van der Waals surface area (Å²) in [6, 6.07) is 15.4. The fourth-order valence-corrected chi connectivity index (χ4v) is 2.21. The average Bonchev–Trinajstić information content (AvgIpc) is 2.39. The zero-order chi connectivity index (χ0) is 12.3. The second kappa shape index (κ2) is 5.30. The van der Waals surface area contributed by atoms with E-state index < -0.39 is 0 Å². The molecule has 0 heterocycles. The number of likely N-dealkylation sites (N-methyl/N-ethyl adjacent to an activating group) is 1. The van der Waals surface area contributed by atoms with E-state index in [-0.39, 0.29) is 0 Å². The lowest BCUT2D eigenvalue weighted by Crippen LogP contribution is -2.30. The van der Waals surface area contributed by atoms with Gasteiger partial charge in [-0.1, -0.05) is 43.3 Å². The van der Waals surface area contributed by atoms with E-state index >= 15 is 0 Å². The molecule has 0 saturated carbocycles. The molecular weight excluding hydrogens is 208 g/mol. The van der Waals surface area contributed by atoms with Crippen LogP contribution in [0.25, 0.3) is 10.8 Å². The summed E-state index contributed by atoms with van der Waals surface area (Å²) >= 11 is 0. The van der Waals surface area contributed by atoms with Crippen LogP contribution in [-0.2, 0) is 0 Å². The topological polar surface area (TPSA) is 29.3 Å². The molecule has 0 saturated heterocycles. The minimum absolute atomic E-state index is 0.310. The predicted octanol–water partition coefficient (Wildman–Crippen LogP) is 2.79. The molecule has 1 atom stereocenters. The summed E-state index contributed by atoms with van der Waals surface area (Å²) < 4.78 is 0. The van der Waals surface area contributed by atoms with Gasteiger partial charge in [0.2, 0.25) is 0 Å². The summed E-state index contributed by atoms with van der Waals surface area (Å²) in [7, 11) is 2.12. The Balaban J connectivity index is 2.40. The number of nitrogens with two attached hydrogens (primary N) is 1. The van der Waals surface area contributed by atoms with E-state index in [4.69, 9.17) is 5.73 Å². The highest BCUT2D eigenvalue weighted by molar-refractivity contribution is 5.83. The molecule has 0 radical (unpaired) electrons. The third-order valence-electron chi connectivity index (χ3n) is 3.41. The lowest BCUT2D eigenvalue weighted by Gasteiger charge is -2.26. The molecule has 2 heteroatoms. The Kier molecular flexibility index (Phi) is 3.77. The van der Waals surface area contributed by atoms with Crippen molar-refractivity contribution in [2.75, 3.05) is 20.1 Å². The van der Waals surface area contributed by atoms with E-state index in [2.05, 4.69) is 61.3 Å². The number of rotatable bonds is 4. The fourth-order valence-electron chi connectivity index (χ4n) is 2.21. The quantitative estimate of drug-likeness (QED) is 0.872. The molecule has 2 N–H and O–H groups in total. The monoisotopic (exact) mass is 228 g/mol. The van der Waals surface area contributed by atoms with Gasteiger partial charge in [-0.15, -0.1) is 0 Å². The molecule has 0 aliphatic rings. The summed E-state index contributed by atoms with van der Waals surface area (Å²) in [4.78, 5) is 2.28. The van der Waals surface area contributed by atoms with Gasteiger partial charge in [0, 0.05) is 12.6 Å². The Labute approximate surface area is 103 Å². The first-order valence-corrected chi connectivity index (χ1v) is 6.15. The van der Waals surface area contributed by atoms with E-state index in [1.165, 1.54) is 16.3 Å². The number of benzene rings is 2. The van der Waals surface area contributed by atoms with Crippen molar-refractivity contribution in [3.8, 4) is 0 Å². The van der Waals surface area contributed by atoms with Crippen LogP contribution in [-0.4, -0.2) is 25.0 Å². The van der Waals surface area contributed by atoms with E-state index in [1.807, 2.05) is 0 Å². The molecule has 90 valence electrons. The first kappa shape index (κ1) is 12.1. The van der Waals surface area contributed by atoms with Crippen LogP contribution in [0.4, 0.5) is 0 Å². The third kappa shape index (κ3) is 2.48. The average molecular weight is 228 g/mol. The van der Waals surface area contributed by atoms with Crippen LogP contribution in [0.15, 0.2) is 42.5 Å². The molecular formula is C15H20N2. The van der Waals surface area contributed by atoms with Crippen molar-refractivity contribution >= 4 is 10.8 Å². The number of hydrogen-bond acceptors (Lipinski definition) is 2. The molecule has 2 rings (SSSR count). The predicted molar refractivity (Wildman–Crippen MR) is 74.0 cm³/mol. The molecule has 17 heavy (non-hydrogen) atoms. The largest absolute Gasteiger partial charge is 0.329 e. The maximum atomic E-state index is 5.88. The maximum absolute atomic E-state index is 5.88. The first-order chi connectivity index (χ1) is 8.26. The summed E-state index contributed by atoms with van der Waals surface area (Å²) in [5.41, 5.74) is 7.19. The second-order valence-corrected chi connectivity index (χ2v) is 4.43. The Hall–Kier alpha value is -1.38. The van der Waals surface area contributed by atoms with Crippen LogP contribution in [0.1, 0.15) is 18.5 Å². The number of hydrogen-bond donors (Lipinski definition) is 1. The van der Waals surface area contributed by atoms with E-state index in [0.29, 0.717) is 12.6 Å². The zero-order valence-electron chi connectivity index (χ0n) is 10.6. The van der Waals surface area contributed by atoms with Gasteiger partial charge in [0.1, 0.15) is 0 Å². The molecule has 2 nitrogen and oxygen atoms in total. The van der Waals surface area contributed by atoms with E-state index in [9.17, 15) is 0 Å². The number of fused-ring (bicyclic) bond motifs is 1. The highest BCUT2D eigenvalue weighted by Crippen LogP contribution is 2.23. The third-order valence-corrected chi connectivity index (χ3v) is 3.41. The van der Waals surface area contributed by atoms with Gasteiger partial charge >= 0.3 is 0 Å². The standard InChI is InChI=1S/C15H20N2/c1-3-17(2)15(11-16)14-9-8-12-6-4-5-7-13(12)10-14/h4-10,15H,3,11,16H2,1-2H3. The van der Waals surface area contributed by atoms with Gasteiger partial charge < -0.3 is 5.73 Å². The van der Waals surface area contributed by atoms with Gasteiger partial charge in [0.25, 0.3) is 0 Å². The van der Waals surface area contributed by atoms with Crippen LogP contribution < -0.4 is 5.73 Å². The normalized spacial score (nSPS) is 13.2. The van der Waals surface area contributed by atoms with Crippen LogP contribution in [0.2, 0.25) is 0 Å². The molecule has 0 spiro atoms. The van der Waals surface area contributed by atoms with Crippen LogP contribution >= 0.6 is 0 Å². The van der Waals surface area contributed by atoms with Crippen molar-refractivity contribution in [1.29, 1.82) is 0 Å². The van der Waals surface area contributed by atoms with Crippen molar-refractivity contribution in [2.24, 2.45) is 5.73 Å². The maximum Gasteiger partial charge on any atom is 0.0467 e. The molecule has 0 amide bonds. The van der Waals surface area contributed by atoms with Crippen LogP contribution in [0.5, 0.6) is 0 Å². The molecule has 0 fully saturated rings. The van der Waals surface area contributed by atoms with Gasteiger partial charge in [-0.05, 0) is 36.0 Å². The first-order valence-electron chi connectivity index (χ1n) is 6.15. The Bertz CT molecular complexity index is 493. The van der Waals surface area contributed by atoms with Crippen molar-refractivity contribution < 1.29 is 0 Å². The highest BCUT2D eigenvalue weighted by Gasteiger charge is 2.13. The smallest absolute Gasteiger partial charge is 0.0467 e. The summed E-state index contributed by atoms with van der Waals surface area (Å²) in [6.45, 7) is 3.82.